The maximum atomic E-state index is 12.8. The molecule has 0 amide bonds. The van der Waals surface area contributed by atoms with Gasteiger partial charge in [-0.15, -0.1) is 0 Å². The van der Waals surface area contributed by atoms with Gasteiger partial charge >= 0.3 is 0 Å². The fraction of sp³-hybridized carbons (Fsp3) is 0.364. The predicted molar refractivity (Wildman–Crippen MR) is 65.3 cm³/mol. The van der Waals surface area contributed by atoms with E-state index >= 15 is 0 Å². The molecule has 0 N–H and O–H groups in total. The number of carbonyl (C=O) groups is 1. The molecule has 0 bridgehead atoms. The molecule has 0 aliphatic rings. The third-order valence-electron chi connectivity index (χ3n) is 1.99. The molecule has 5 heteroatoms. The predicted octanol–water partition coefficient (Wildman–Crippen LogP) is 3.83. The number of carbonyl (C=O) groups excluding carboxylic acids is 1. The minimum absolute atomic E-state index is 0.0825. The summed E-state index contributed by atoms with van der Waals surface area (Å²) in [6.07, 6.45) is -2.67. The average molecular weight is 340 g/mol. The Morgan fingerprint density at radius 1 is 1.50 bits per heavy atom. The van der Waals surface area contributed by atoms with Crippen LogP contribution in [0.4, 0.5) is 8.78 Å². The number of hydrogen-bond acceptors (Lipinski definition) is 2. The molecule has 0 saturated carbocycles. The molecular formula is C11H11F2IO2. The van der Waals surface area contributed by atoms with Gasteiger partial charge in [-0.2, -0.15) is 0 Å². The Balaban J connectivity index is 3.33. The second-order valence-corrected chi connectivity index (χ2v) is 4.32. The Bertz CT molecular complexity index is 405. The average Bonchev–Trinajstić information content (AvgIpc) is 2.16. The number of ketones is 1. The molecule has 1 aromatic carbocycles. The SMILES string of the molecule is CCOc1cc(I)c(C(C)=O)c(C(F)F)c1. The summed E-state index contributed by atoms with van der Waals surface area (Å²) < 4.78 is 31.2. The van der Waals surface area contributed by atoms with Crippen LogP contribution in [0, 0.1) is 3.57 Å². The zero-order valence-corrected chi connectivity index (χ0v) is 11.0. The van der Waals surface area contributed by atoms with Crippen molar-refractivity contribution >= 4 is 28.4 Å². The van der Waals surface area contributed by atoms with E-state index in [9.17, 15) is 13.6 Å². The van der Waals surface area contributed by atoms with E-state index in [0.717, 1.165) is 0 Å². The first-order valence-electron chi connectivity index (χ1n) is 4.72. The Morgan fingerprint density at radius 3 is 2.56 bits per heavy atom. The number of halogens is 3. The summed E-state index contributed by atoms with van der Waals surface area (Å²) in [5, 5.41) is 0. The van der Waals surface area contributed by atoms with Crippen molar-refractivity contribution in [2.75, 3.05) is 6.61 Å². The summed E-state index contributed by atoms with van der Waals surface area (Å²) >= 11 is 1.87. The van der Waals surface area contributed by atoms with E-state index in [1.54, 1.807) is 13.0 Å². The largest absolute Gasteiger partial charge is 0.494 e. The van der Waals surface area contributed by atoms with Crippen molar-refractivity contribution in [1.82, 2.24) is 0 Å². The topological polar surface area (TPSA) is 26.3 Å². The normalized spacial score (nSPS) is 10.6. The molecule has 88 valence electrons. The van der Waals surface area contributed by atoms with E-state index in [1.807, 2.05) is 22.6 Å². The fourth-order valence-electron chi connectivity index (χ4n) is 1.40. The third kappa shape index (κ3) is 2.90. The number of rotatable bonds is 4. The highest BCUT2D eigenvalue weighted by Gasteiger charge is 2.20. The number of alkyl halides is 2. The van der Waals surface area contributed by atoms with Gasteiger partial charge in [-0.25, -0.2) is 8.78 Å². The van der Waals surface area contributed by atoms with Gasteiger partial charge in [0.15, 0.2) is 5.78 Å². The summed E-state index contributed by atoms with van der Waals surface area (Å²) in [6, 6.07) is 2.82. The van der Waals surface area contributed by atoms with Crippen LogP contribution in [0.15, 0.2) is 12.1 Å². The summed E-state index contributed by atoms with van der Waals surface area (Å²) in [5.74, 6) is 0.00921. The minimum Gasteiger partial charge on any atom is -0.494 e. The summed E-state index contributed by atoms with van der Waals surface area (Å²) in [5.41, 5.74) is -0.179. The van der Waals surface area contributed by atoms with Gasteiger partial charge in [0.2, 0.25) is 0 Å². The summed E-state index contributed by atoms with van der Waals surface area (Å²) in [4.78, 5) is 11.3. The number of Topliss-reactive ketones (excluding diaryl/α,β-unsaturated/α-hetero) is 1. The molecule has 0 aliphatic heterocycles. The van der Waals surface area contributed by atoms with Crippen LogP contribution in [0.5, 0.6) is 5.75 Å². The molecule has 0 heterocycles. The van der Waals surface area contributed by atoms with Gasteiger partial charge in [-0.3, -0.25) is 4.79 Å². The Kier molecular flexibility index (Phi) is 4.64. The standard InChI is InChI=1S/C11H11F2IO2/c1-3-16-7-4-8(11(12)13)10(6(2)15)9(14)5-7/h4-5,11H,3H2,1-2H3. The van der Waals surface area contributed by atoms with Crippen molar-refractivity contribution in [3.05, 3.63) is 26.8 Å². The van der Waals surface area contributed by atoms with Gasteiger partial charge < -0.3 is 4.74 Å². The van der Waals surface area contributed by atoms with Crippen LogP contribution < -0.4 is 4.74 Å². The summed E-state index contributed by atoms with van der Waals surface area (Å²) in [6.45, 7) is 3.45. The highest BCUT2D eigenvalue weighted by Crippen LogP contribution is 2.31. The first kappa shape index (κ1) is 13.3. The van der Waals surface area contributed by atoms with Crippen molar-refractivity contribution in [2.24, 2.45) is 0 Å². The zero-order valence-electron chi connectivity index (χ0n) is 8.89. The lowest BCUT2D eigenvalue weighted by Gasteiger charge is -2.11. The molecular weight excluding hydrogens is 329 g/mol. The number of benzene rings is 1. The van der Waals surface area contributed by atoms with Crippen molar-refractivity contribution in [3.8, 4) is 5.75 Å². The van der Waals surface area contributed by atoms with E-state index in [2.05, 4.69) is 0 Å². The maximum absolute atomic E-state index is 12.8. The molecule has 0 unspecified atom stereocenters. The molecule has 1 aromatic rings. The van der Waals surface area contributed by atoms with Crippen LogP contribution in [0.3, 0.4) is 0 Å². The Morgan fingerprint density at radius 2 is 2.12 bits per heavy atom. The van der Waals surface area contributed by atoms with Crippen LogP contribution >= 0.6 is 22.6 Å². The van der Waals surface area contributed by atoms with Crippen molar-refractivity contribution in [1.29, 1.82) is 0 Å². The minimum atomic E-state index is -2.67. The highest BCUT2D eigenvalue weighted by molar-refractivity contribution is 14.1. The molecule has 0 radical (unpaired) electrons. The van der Waals surface area contributed by atoms with E-state index in [0.29, 0.717) is 15.9 Å². The first-order chi connectivity index (χ1) is 7.47. The smallest absolute Gasteiger partial charge is 0.264 e. The van der Waals surface area contributed by atoms with Gasteiger partial charge in [0.1, 0.15) is 5.75 Å². The maximum Gasteiger partial charge on any atom is 0.264 e. The second kappa shape index (κ2) is 5.56. The lowest BCUT2D eigenvalue weighted by molar-refractivity contribution is 0.0997. The molecule has 2 nitrogen and oxygen atoms in total. The molecule has 0 aliphatic carbocycles. The van der Waals surface area contributed by atoms with Gasteiger partial charge in [0, 0.05) is 14.7 Å². The molecule has 0 fully saturated rings. The van der Waals surface area contributed by atoms with E-state index in [-0.39, 0.29) is 16.9 Å². The van der Waals surface area contributed by atoms with Gasteiger partial charge in [0.05, 0.1) is 6.61 Å². The van der Waals surface area contributed by atoms with E-state index in [1.165, 1.54) is 13.0 Å². The lowest BCUT2D eigenvalue weighted by Crippen LogP contribution is -2.05. The van der Waals surface area contributed by atoms with Gasteiger partial charge in [-0.05, 0) is 48.6 Å². The van der Waals surface area contributed by atoms with Crippen LogP contribution in [-0.4, -0.2) is 12.4 Å². The number of hydrogen-bond donors (Lipinski definition) is 0. The van der Waals surface area contributed by atoms with Crippen LogP contribution in [-0.2, 0) is 0 Å². The van der Waals surface area contributed by atoms with E-state index in [4.69, 9.17) is 4.74 Å². The molecule has 0 saturated heterocycles. The molecule has 16 heavy (non-hydrogen) atoms. The third-order valence-corrected chi connectivity index (χ3v) is 2.84. The highest BCUT2D eigenvalue weighted by atomic mass is 127. The molecule has 1 rings (SSSR count). The fourth-order valence-corrected chi connectivity index (χ4v) is 2.39. The molecule has 0 aromatic heterocycles. The number of ether oxygens (including phenoxy) is 1. The molecule has 0 spiro atoms. The van der Waals surface area contributed by atoms with Crippen molar-refractivity contribution in [2.45, 2.75) is 20.3 Å². The Labute approximate surface area is 106 Å². The first-order valence-corrected chi connectivity index (χ1v) is 5.80. The van der Waals surface area contributed by atoms with Gasteiger partial charge in [-0.1, -0.05) is 0 Å². The van der Waals surface area contributed by atoms with Crippen LogP contribution in [0.1, 0.15) is 36.2 Å². The zero-order chi connectivity index (χ0) is 12.3. The van der Waals surface area contributed by atoms with Gasteiger partial charge in [0.25, 0.3) is 6.43 Å². The van der Waals surface area contributed by atoms with E-state index < -0.39 is 6.43 Å². The monoisotopic (exact) mass is 340 g/mol. The van der Waals surface area contributed by atoms with Crippen molar-refractivity contribution < 1.29 is 18.3 Å². The Hall–Kier alpha value is -0.720. The van der Waals surface area contributed by atoms with Crippen molar-refractivity contribution in [3.63, 3.8) is 0 Å². The quantitative estimate of drug-likeness (QED) is 0.615. The van der Waals surface area contributed by atoms with Crippen LogP contribution in [0.25, 0.3) is 0 Å². The van der Waals surface area contributed by atoms with Crippen LogP contribution in [0.2, 0.25) is 0 Å². The second-order valence-electron chi connectivity index (χ2n) is 3.16. The summed E-state index contributed by atoms with van der Waals surface area (Å²) in [7, 11) is 0. The lowest BCUT2D eigenvalue weighted by atomic mass is 10.0. The molecule has 0 atom stereocenters.